The van der Waals surface area contributed by atoms with Gasteiger partial charge in [-0.1, -0.05) is 81.4 Å². The number of aryl methyl sites for hydroxylation is 1. The lowest BCUT2D eigenvalue weighted by atomic mass is 10.00. The molecule has 4 heteroatoms. The van der Waals surface area contributed by atoms with Gasteiger partial charge in [0.2, 0.25) is 11.8 Å². The Hall–Kier alpha value is -3.14. The summed E-state index contributed by atoms with van der Waals surface area (Å²) >= 11 is 0. The molecule has 3 aromatic rings. The fourth-order valence-electron chi connectivity index (χ4n) is 3.54. The number of benzene rings is 3. The van der Waals surface area contributed by atoms with Crippen molar-refractivity contribution >= 4 is 28.3 Å². The van der Waals surface area contributed by atoms with E-state index in [0.29, 0.717) is 0 Å². The molecule has 3 aromatic carbocycles. The summed E-state index contributed by atoms with van der Waals surface area (Å²) in [6, 6.07) is 21.1. The summed E-state index contributed by atoms with van der Waals surface area (Å²) in [7, 11) is 0. The number of nitrogens with one attached hydrogen (secondary N) is 2. The highest BCUT2D eigenvalue weighted by Gasteiger charge is 2.25. The minimum absolute atomic E-state index is 0.0275. The van der Waals surface area contributed by atoms with Crippen molar-refractivity contribution in [3.63, 3.8) is 0 Å². The number of hydrogen-bond acceptors (Lipinski definition) is 2. The quantitative estimate of drug-likeness (QED) is 0.615. The fraction of sp³-hybridized carbons (Fsp3) is 0.280. The van der Waals surface area contributed by atoms with Crippen LogP contribution in [0.3, 0.4) is 0 Å². The van der Waals surface area contributed by atoms with Crippen LogP contribution in [0.25, 0.3) is 10.8 Å². The molecule has 0 radical (unpaired) electrons. The Labute approximate surface area is 172 Å². The van der Waals surface area contributed by atoms with Crippen molar-refractivity contribution in [1.29, 1.82) is 0 Å². The highest BCUT2D eigenvalue weighted by atomic mass is 16.2. The maximum Gasteiger partial charge on any atom is 0.247 e. The van der Waals surface area contributed by atoms with Gasteiger partial charge >= 0.3 is 0 Å². The first-order valence-corrected chi connectivity index (χ1v) is 10.1. The molecule has 0 heterocycles. The van der Waals surface area contributed by atoms with Crippen molar-refractivity contribution in [2.75, 3.05) is 5.32 Å². The molecule has 2 amide bonds. The molecular formula is C25H28N2O2. The van der Waals surface area contributed by atoms with Crippen LogP contribution < -0.4 is 10.6 Å². The summed E-state index contributed by atoms with van der Waals surface area (Å²) in [4.78, 5) is 25.7. The Balaban J connectivity index is 1.72. The number of amides is 2. The summed E-state index contributed by atoms with van der Waals surface area (Å²) in [5, 5.41) is 8.09. The van der Waals surface area contributed by atoms with E-state index >= 15 is 0 Å². The molecule has 150 valence electrons. The molecule has 0 aliphatic carbocycles. The molecule has 0 spiro atoms. The zero-order valence-electron chi connectivity index (χ0n) is 17.2. The smallest absolute Gasteiger partial charge is 0.247 e. The number of para-hydroxylation sites is 1. The minimum Gasteiger partial charge on any atom is -0.344 e. The Morgan fingerprint density at radius 3 is 2.28 bits per heavy atom. The third-order valence-corrected chi connectivity index (χ3v) is 5.15. The molecule has 4 nitrogen and oxygen atoms in total. The topological polar surface area (TPSA) is 58.2 Å². The zero-order chi connectivity index (χ0) is 20.8. The van der Waals surface area contributed by atoms with E-state index in [2.05, 4.69) is 17.6 Å². The molecule has 1 atom stereocenters. The first-order valence-electron chi connectivity index (χ1n) is 10.1. The summed E-state index contributed by atoms with van der Waals surface area (Å²) < 4.78 is 0. The van der Waals surface area contributed by atoms with Crippen LogP contribution in [0.2, 0.25) is 0 Å². The lowest BCUT2D eigenvalue weighted by Crippen LogP contribution is -2.47. The van der Waals surface area contributed by atoms with Crippen LogP contribution in [-0.2, 0) is 22.4 Å². The van der Waals surface area contributed by atoms with Gasteiger partial charge in [0.1, 0.15) is 6.04 Å². The average molecular weight is 389 g/mol. The van der Waals surface area contributed by atoms with Gasteiger partial charge in [0, 0.05) is 5.69 Å². The monoisotopic (exact) mass is 388 g/mol. The summed E-state index contributed by atoms with van der Waals surface area (Å²) in [5.41, 5.74) is 2.83. The SMILES string of the molecule is CCc1ccccc1NC(=O)[C@@H](NC(=O)Cc1cccc2ccccc12)C(C)C. The average Bonchev–Trinajstić information content (AvgIpc) is 2.72. The molecule has 0 saturated carbocycles. The summed E-state index contributed by atoms with van der Waals surface area (Å²) in [6.07, 6.45) is 1.07. The number of carbonyl (C=O) groups excluding carboxylic acids is 2. The second-order valence-electron chi connectivity index (χ2n) is 7.60. The van der Waals surface area contributed by atoms with Crippen molar-refractivity contribution in [3.8, 4) is 0 Å². The molecule has 29 heavy (non-hydrogen) atoms. The predicted molar refractivity (Wildman–Crippen MR) is 119 cm³/mol. The van der Waals surface area contributed by atoms with Crippen LogP contribution in [0.15, 0.2) is 66.7 Å². The van der Waals surface area contributed by atoms with Crippen LogP contribution in [0.1, 0.15) is 31.9 Å². The molecule has 0 unspecified atom stereocenters. The third-order valence-electron chi connectivity index (χ3n) is 5.15. The number of anilines is 1. The number of carbonyl (C=O) groups is 2. The lowest BCUT2D eigenvalue weighted by molar-refractivity contribution is -0.127. The Morgan fingerprint density at radius 2 is 1.52 bits per heavy atom. The van der Waals surface area contributed by atoms with Crippen LogP contribution in [-0.4, -0.2) is 17.9 Å². The maximum absolute atomic E-state index is 12.9. The van der Waals surface area contributed by atoms with E-state index in [-0.39, 0.29) is 24.2 Å². The van der Waals surface area contributed by atoms with Crippen molar-refractivity contribution in [3.05, 3.63) is 77.9 Å². The molecule has 0 saturated heterocycles. The number of hydrogen-bond donors (Lipinski definition) is 2. The van der Waals surface area contributed by atoms with Crippen LogP contribution in [0, 0.1) is 5.92 Å². The van der Waals surface area contributed by atoms with Crippen LogP contribution >= 0.6 is 0 Å². The molecule has 3 rings (SSSR count). The van der Waals surface area contributed by atoms with Gasteiger partial charge in [-0.15, -0.1) is 0 Å². The van der Waals surface area contributed by atoms with Gasteiger partial charge in [-0.3, -0.25) is 9.59 Å². The molecular weight excluding hydrogens is 360 g/mol. The van der Waals surface area contributed by atoms with Crippen LogP contribution in [0.5, 0.6) is 0 Å². The van der Waals surface area contributed by atoms with Gasteiger partial charge in [-0.25, -0.2) is 0 Å². The molecule has 0 aromatic heterocycles. The van der Waals surface area contributed by atoms with E-state index in [1.165, 1.54) is 0 Å². The Bertz CT molecular complexity index is 1010. The maximum atomic E-state index is 12.9. The minimum atomic E-state index is -0.595. The first kappa shape index (κ1) is 20.6. The van der Waals surface area contributed by atoms with E-state index in [4.69, 9.17) is 0 Å². The molecule has 0 fully saturated rings. The van der Waals surface area contributed by atoms with Gasteiger partial charge in [-0.2, -0.15) is 0 Å². The summed E-state index contributed by atoms with van der Waals surface area (Å²) in [5.74, 6) is -0.369. The van der Waals surface area contributed by atoms with E-state index in [1.807, 2.05) is 80.6 Å². The molecule has 2 N–H and O–H groups in total. The highest BCUT2D eigenvalue weighted by molar-refractivity contribution is 5.98. The predicted octanol–water partition coefficient (Wildman–Crippen LogP) is 4.72. The first-order chi connectivity index (χ1) is 14.0. The van der Waals surface area contributed by atoms with E-state index < -0.39 is 6.04 Å². The van der Waals surface area contributed by atoms with Crippen molar-refractivity contribution in [2.24, 2.45) is 5.92 Å². The van der Waals surface area contributed by atoms with Gasteiger partial charge in [0.15, 0.2) is 0 Å². The lowest BCUT2D eigenvalue weighted by Gasteiger charge is -2.22. The van der Waals surface area contributed by atoms with Gasteiger partial charge < -0.3 is 10.6 Å². The number of rotatable bonds is 7. The third kappa shape index (κ3) is 5.02. The van der Waals surface area contributed by atoms with Crippen molar-refractivity contribution < 1.29 is 9.59 Å². The fourth-order valence-corrected chi connectivity index (χ4v) is 3.54. The van der Waals surface area contributed by atoms with Crippen molar-refractivity contribution in [2.45, 2.75) is 39.7 Å². The van der Waals surface area contributed by atoms with Crippen molar-refractivity contribution in [1.82, 2.24) is 5.32 Å². The summed E-state index contributed by atoms with van der Waals surface area (Å²) in [6.45, 7) is 5.93. The van der Waals surface area contributed by atoms with E-state index in [0.717, 1.165) is 34.0 Å². The molecule has 0 aliphatic rings. The Morgan fingerprint density at radius 1 is 0.862 bits per heavy atom. The van der Waals surface area contributed by atoms with E-state index in [9.17, 15) is 9.59 Å². The van der Waals surface area contributed by atoms with E-state index in [1.54, 1.807) is 0 Å². The van der Waals surface area contributed by atoms with Gasteiger partial charge in [0.05, 0.1) is 6.42 Å². The Kier molecular flexibility index (Phi) is 6.65. The number of fused-ring (bicyclic) bond motifs is 1. The van der Waals surface area contributed by atoms with Gasteiger partial charge in [0.25, 0.3) is 0 Å². The zero-order valence-corrected chi connectivity index (χ0v) is 17.2. The molecule has 0 aliphatic heterocycles. The van der Waals surface area contributed by atoms with Crippen LogP contribution in [0.4, 0.5) is 5.69 Å². The molecule has 0 bridgehead atoms. The standard InChI is InChI=1S/C25H28N2O2/c1-4-18-10-6-8-15-22(18)26-25(29)24(17(2)3)27-23(28)16-20-13-9-12-19-11-5-7-14-21(19)20/h5-15,17,24H,4,16H2,1-3H3,(H,26,29)(H,27,28)/t24-/m0/s1. The highest BCUT2D eigenvalue weighted by Crippen LogP contribution is 2.20. The second-order valence-corrected chi connectivity index (χ2v) is 7.60. The normalized spacial score (nSPS) is 12.0. The second kappa shape index (κ2) is 9.37. The van der Waals surface area contributed by atoms with Gasteiger partial charge in [-0.05, 0) is 40.3 Å². The largest absolute Gasteiger partial charge is 0.344 e.